The van der Waals surface area contributed by atoms with Crippen LogP contribution in [0, 0.1) is 0 Å². The van der Waals surface area contributed by atoms with E-state index in [1.54, 1.807) is 6.07 Å². The van der Waals surface area contributed by atoms with Crippen LogP contribution in [0.5, 0.6) is 0 Å². The van der Waals surface area contributed by atoms with Gasteiger partial charge in [0.25, 0.3) is 0 Å². The van der Waals surface area contributed by atoms with Gasteiger partial charge in [0.1, 0.15) is 5.82 Å². The van der Waals surface area contributed by atoms with Crippen molar-refractivity contribution in [2.24, 2.45) is 5.11 Å². The minimum absolute atomic E-state index is 0.457. The molecule has 0 aliphatic heterocycles. The molecule has 0 bridgehead atoms. The van der Waals surface area contributed by atoms with Crippen LogP contribution in [0.4, 0.5) is 0 Å². The second-order valence-corrected chi connectivity index (χ2v) is 6.16. The summed E-state index contributed by atoms with van der Waals surface area (Å²) in [7, 11) is 0. The van der Waals surface area contributed by atoms with E-state index in [9.17, 15) is 0 Å². The van der Waals surface area contributed by atoms with E-state index in [2.05, 4.69) is 26.5 Å². The Morgan fingerprint density at radius 1 is 1.17 bits per heavy atom. The van der Waals surface area contributed by atoms with Gasteiger partial charge >= 0.3 is 0 Å². The summed E-state index contributed by atoms with van der Waals surface area (Å²) >= 11 is 12.3. The molecule has 3 rings (SSSR count). The molecule has 0 radical (unpaired) electrons. The lowest BCUT2D eigenvalue weighted by Crippen LogP contribution is -2.00. The first-order valence-electron chi connectivity index (χ1n) is 7.60. The molecule has 0 fully saturated rings. The zero-order chi connectivity index (χ0) is 17.1. The topological polar surface area (TPSA) is 66.6 Å². The van der Waals surface area contributed by atoms with Crippen molar-refractivity contribution in [3.05, 3.63) is 68.3 Å². The number of imidazole rings is 1. The molecule has 24 heavy (non-hydrogen) atoms. The van der Waals surface area contributed by atoms with Crippen molar-refractivity contribution in [2.75, 3.05) is 6.54 Å². The number of azide groups is 1. The molecule has 0 saturated heterocycles. The smallest absolute Gasteiger partial charge is 0.114 e. The van der Waals surface area contributed by atoms with Crippen molar-refractivity contribution in [2.45, 2.75) is 19.8 Å². The highest BCUT2D eigenvalue weighted by molar-refractivity contribution is 6.42. The van der Waals surface area contributed by atoms with Crippen molar-refractivity contribution in [1.82, 2.24) is 9.55 Å². The zero-order valence-corrected chi connectivity index (χ0v) is 14.6. The summed E-state index contributed by atoms with van der Waals surface area (Å²) in [4.78, 5) is 7.43. The van der Waals surface area contributed by atoms with Crippen molar-refractivity contribution in [3.8, 4) is 5.69 Å². The Kier molecular flexibility index (Phi) is 4.95. The maximum Gasteiger partial charge on any atom is 0.114 e. The lowest BCUT2D eigenvalue weighted by Gasteiger charge is -2.09. The average Bonchev–Trinajstić information content (AvgIpc) is 2.93. The molecule has 3 aromatic rings. The Morgan fingerprint density at radius 2 is 1.88 bits per heavy atom. The fourth-order valence-corrected chi connectivity index (χ4v) is 3.00. The SMILES string of the molecule is CCc1nc2cc(Cl)c(Cl)cc2n1-c1ccc(CCN=[N+]=[N-])cc1. The number of benzene rings is 2. The molecule has 2 aromatic carbocycles. The molecular formula is C17H15Cl2N5. The predicted octanol–water partition coefficient (Wildman–Crippen LogP) is 5.75. The summed E-state index contributed by atoms with van der Waals surface area (Å²) in [5.74, 6) is 0.949. The summed E-state index contributed by atoms with van der Waals surface area (Å²) in [5, 5.41) is 4.58. The predicted molar refractivity (Wildman–Crippen MR) is 98.2 cm³/mol. The van der Waals surface area contributed by atoms with Gasteiger partial charge in [-0.25, -0.2) is 4.98 Å². The Bertz CT molecular complexity index is 924. The fraction of sp³-hybridized carbons (Fsp3) is 0.235. The highest BCUT2D eigenvalue weighted by atomic mass is 35.5. The van der Waals surface area contributed by atoms with E-state index >= 15 is 0 Å². The molecule has 0 spiro atoms. The third-order valence-electron chi connectivity index (χ3n) is 3.84. The number of hydrogen-bond donors (Lipinski definition) is 0. The van der Waals surface area contributed by atoms with E-state index < -0.39 is 0 Å². The zero-order valence-electron chi connectivity index (χ0n) is 13.1. The van der Waals surface area contributed by atoms with E-state index in [1.807, 2.05) is 30.3 Å². The molecule has 1 aromatic heterocycles. The molecular weight excluding hydrogens is 345 g/mol. The molecule has 0 saturated carbocycles. The van der Waals surface area contributed by atoms with Gasteiger partial charge in [-0.3, -0.25) is 4.57 Å². The van der Waals surface area contributed by atoms with Gasteiger partial charge in [-0.05, 0) is 41.8 Å². The normalized spacial score (nSPS) is 10.8. The van der Waals surface area contributed by atoms with Gasteiger partial charge in [-0.15, -0.1) is 0 Å². The van der Waals surface area contributed by atoms with Crippen LogP contribution in [0.1, 0.15) is 18.3 Å². The van der Waals surface area contributed by atoms with Crippen LogP contribution in [0.15, 0.2) is 41.5 Å². The number of hydrogen-bond acceptors (Lipinski definition) is 2. The molecule has 0 unspecified atom stereocenters. The molecule has 0 N–H and O–H groups in total. The number of halogens is 2. The van der Waals surface area contributed by atoms with Gasteiger partial charge in [-0.1, -0.05) is 47.4 Å². The number of fused-ring (bicyclic) bond motifs is 1. The van der Waals surface area contributed by atoms with Crippen LogP contribution >= 0.6 is 23.2 Å². The van der Waals surface area contributed by atoms with Crippen LogP contribution < -0.4 is 0 Å². The molecule has 7 heteroatoms. The summed E-state index contributed by atoms with van der Waals surface area (Å²) in [6.45, 7) is 2.52. The Labute approximate surface area is 149 Å². The van der Waals surface area contributed by atoms with Crippen molar-refractivity contribution in [1.29, 1.82) is 0 Å². The van der Waals surface area contributed by atoms with Gasteiger partial charge in [0.2, 0.25) is 0 Å². The standard InChI is InChI=1S/C17H15Cl2N5/c1-2-17-22-15-9-13(18)14(19)10-16(15)24(17)12-5-3-11(4-6-12)7-8-21-23-20/h3-6,9-10H,2,7-8H2,1H3. The molecule has 0 amide bonds. The molecule has 0 aliphatic carbocycles. The second-order valence-electron chi connectivity index (χ2n) is 5.34. The van der Waals surface area contributed by atoms with Gasteiger partial charge in [0, 0.05) is 23.6 Å². The van der Waals surface area contributed by atoms with E-state index in [4.69, 9.17) is 28.7 Å². The number of aromatic nitrogens is 2. The minimum Gasteiger partial charge on any atom is -0.296 e. The van der Waals surface area contributed by atoms with Gasteiger partial charge in [0.15, 0.2) is 0 Å². The van der Waals surface area contributed by atoms with Crippen LogP contribution in [-0.2, 0) is 12.8 Å². The number of aryl methyl sites for hydroxylation is 1. The Morgan fingerprint density at radius 3 is 2.54 bits per heavy atom. The average molecular weight is 360 g/mol. The van der Waals surface area contributed by atoms with Crippen LogP contribution in [0.3, 0.4) is 0 Å². The first-order valence-corrected chi connectivity index (χ1v) is 8.36. The molecule has 1 heterocycles. The molecule has 5 nitrogen and oxygen atoms in total. The maximum absolute atomic E-state index is 8.34. The summed E-state index contributed by atoms with van der Waals surface area (Å²) < 4.78 is 2.09. The first kappa shape index (κ1) is 16.7. The number of nitrogens with zero attached hydrogens (tertiary/aromatic N) is 5. The van der Waals surface area contributed by atoms with E-state index in [0.717, 1.165) is 41.0 Å². The van der Waals surface area contributed by atoms with Crippen molar-refractivity contribution in [3.63, 3.8) is 0 Å². The maximum atomic E-state index is 8.34. The molecule has 122 valence electrons. The quantitative estimate of drug-likeness (QED) is 0.325. The summed E-state index contributed by atoms with van der Waals surface area (Å²) in [5.41, 5.74) is 12.2. The van der Waals surface area contributed by atoms with Crippen LogP contribution in [0.25, 0.3) is 27.2 Å². The lowest BCUT2D eigenvalue weighted by atomic mass is 10.1. The van der Waals surface area contributed by atoms with Crippen LogP contribution in [0.2, 0.25) is 10.0 Å². The highest BCUT2D eigenvalue weighted by Crippen LogP contribution is 2.30. The van der Waals surface area contributed by atoms with Gasteiger partial charge < -0.3 is 0 Å². The number of rotatable bonds is 5. The third kappa shape index (κ3) is 3.20. The molecule has 0 atom stereocenters. The summed E-state index contributed by atoms with van der Waals surface area (Å²) in [6, 6.07) is 11.8. The van der Waals surface area contributed by atoms with E-state index in [1.165, 1.54) is 0 Å². The minimum atomic E-state index is 0.457. The van der Waals surface area contributed by atoms with Gasteiger partial charge in [-0.2, -0.15) is 0 Å². The lowest BCUT2D eigenvalue weighted by molar-refractivity contribution is 0.905. The third-order valence-corrected chi connectivity index (χ3v) is 4.56. The largest absolute Gasteiger partial charge is 0.296 e. The first-order chi connectivity index (χ1) is 11.6. The fourth-order valence-electron chi connectivity index (χ4n) is 2.68. The van der Waals surface area contributed by atoms with Crippen molar-refractivity contribution >= 4 is 34.2 Å². The highest BCUT2D eigenvalue weighted by Gasteiger charge is 2.13. The van der Waals surface area contributed by atoms with Gasteiger partial charge in [0.05, 0.1) is 21.1 Å². The second kappa shape index (κ2) is 7.14. The van der Waals surface area contributed by atoms with Crippen LogP contribution in [-0.4, -0.2) is 16.1 Å². The van der Waals surface area contributed by atoms with E-state index in [0.29, 0.717) is 16.6 Å². The van der Waals surface area contributed by atoms with E-state index in [-0.39, 0.29) is 0 Å². The summed E-state index contributed by atoms with van der Waals surface area (Å²) in [6.07, 6.45) is 1.51. The Balaban J connectivity index is 2.04. The van der Waals surface area contributed by atoms with Crippen molar-refractivity contribution < 1.29 is 0 Å². The molecule has 0 aliphatic rings. The monoisotopic (exact) mass is 359 g/mol. The Hall–Kier alpha value is -2.20.